The van der Waals surface area contributed by atoms with Crippen molar-refractivity contribution in [3.05, 3.63) is 11.7 Å². The van der Waals surface area contributed by atoms with E-state index in [1.807, 2.05) is 6.92 Å². The minimum atomic E-state index is -0.0457. The highest BCUT2D eigenvalue weighted by Gasteiger charge is 2.18. The van der Waals surface area contributed by atoms with Crippen LogP contribution in [0.5, 0.6) is 0 Å². The maximum absolute atomic E-state index is 5.60. The van der Waals surface area contributed by atoms with Gasteiger partial charge in [-0.05, 0) is 25.8 Å². The van der Waals surface area contributed by atoms with E-state index in [4.69, 9.17) is 15.0 Å². The van der Waals surface area contributed by atoms with Crippen molar-refractivity contribution in [1.29, 1.82) is 0 Å². The van der Waals surface area contributed by atoms with Gasteiger partial charge in [-0.25, -0.2) is 0 Å². The molecule has 0 aliphatic rings. The summed E-state index contributed by atoms with van der Waals surface area (Å²) in [5, 5.41) is 3.99. The highest BCUT2D eigenvalue weighted by molar-refractivity contribution is 4.92. The number of rotatable bonds is 8. The first-order valence-corrected chi connectivity index (χ1v) is 6.35. The summed E-state index contributed by atoms with van der Waals surface area (Å²) in [5.74, 6) is 1.67. The van der Waals surface area contributed by atoms with Gasteiger partial charge in [0.05, 0.1) is 0 Å². The number of hydrogen-bond donors (Lipinski definition) is 1. The van der Waals surface area contributed by atoms with Crippen molar-refractivity contribution in [1.82, 2.24) is 10.1 Å². The Kier molecular flexibility index (Phi) is 6.15. The smallest absolute Gasteiger partial charge is 0.227 e. The maximum atomic E-state index is 5.60. The minimum absolute atomic E-state index is 0.0457. The maximum Gasteiger partial charge on any atom is 0.227 e. The van der Waals surface area contributed by atoms with Gasteiger partial charge < -0.3 is 15.0 Å². The van der Waals surface area contributed by atoms with Crippen molar-refractivity contribution in [2.75, 3.05) is 13.2 Å². The zero-order valence-electron chi connectivity index (χ0n) is 11.0. The fraction of sp³-hybridized carbons (Fsp3) is 0.833. The van der Waals surface area contributed by atoms with Crippen molar-refractivity contribution >= 4 is 0 Å². The average Bonchev–Trinajstić information content (AvgIpc) is 2.77. The lowest BCUT2D eigenvalue weighted by molar-refractivity contribution is 0.0477. The number of hydrogen-bond acceptors (Lipinski definition) is 5. The summed E-state index contributed by atoms with van der Waals surface area (Å²) >= 11 is 0. The van der Waals surface area contributed by atoms with Crippen LogP contribution in [-0.4, -0.2) is 23.3 Å². The lowest BCUT2D eigenvalue weighted by Gasteiger charge is -2.11. The second-order valence-corrected chi connectivity index (χ2v) is 4.32. The van der Waals surface area contributed by atoms with Crippen LogP contribution in [0.4, 0.5) is 0 Å². The molecule has 0 amide bonds. The lowest BCUT2D eigenvalue weighted by Crippen LogP contribution is -2.13. The first-order chi connectivity index (χ1) is 8.21. The van der Waals surface area contributed by atoms with Crippen LogP contribution in [0.15, 0.2) is 4.52 Å². The lowest BCUT2D eigenvalue weighted by atomic mass is 10.1. The van der Waals surface area contributed by atoms with Crippen molar-refractivity contribution < 1.29 is 9.26 Å². The molecular formula is C12H23N3O2. The van der Waals surface area contributed by atoms with E-state index in [2.05, 4.69) is 24.0 Å². The van der Waals surface area contributed by atoms with Gasteiger partial charge in [0.25, 0.3) is 0 Å². The Bertz CT molecular complexity index is 308. The Morgan fingerprint density at radius 3 is 2.76 bits per heavy atom. The molecule has 1 rings (SSSR count). The zero-order chi connectivity index (χ0) is 12.7. The quantitative estimate of drug-likeness (QED) is 0.754. The number of nitrogens with zero attached hydrogens (tertiary/aromatic N) is 2. The molecule has 2 atom stereocenters. The van der Waals surface area contributed by atoms with E-state index < -0.39 is 0 Å². The normalized spacial score (nSPS) is 14.8. The summed E-state index contributed by atoms with van der Waals surface area (Å²) in [6.45, 7) is 7.44. The molecule has 0 radical (unpaired) electrons. The van der Waals surface area contributed by atoms with Crippen molar-refractivity contribution in [2.24, 2.45) is 11.7 Å². The number of aromatic nitrogens is 2. The molecule has 0 spiro atoms. The van der Waals surface area contributed by atoms with Gasteiger partial charge in [-0.1, -0.05) is 25.4 Å². The molecule has 0 aromatic carbocycles. The molecule has 17 heavy (non-hydrogen) atoms. The van der Waals surface area contributed by atoms with E-state index in [9.17, 15) is 0 Å². The van der Waals surface area contributed by atoms with Crippen LogP contribution in [0.25, 0.3) is 0 Å². The van der Waals surface area contributed by atoms with Crippen LogP contribution in [-0.2, 0) is 11.2 Å². The molecule has 0 aliphatic carbocycles. The third-order valence-corrected chi connectivity index (χ3v) is 2.62. The Morgan fingerprint density at radius 2 is 2.18 bits per heavy atom. The van der Waals surface area contributed by atoms with Crippen molar-refractivity contribution in [3.8, 4) is 0 Å². The van der Waals surface area contributed by atoms with Gasteiger partial charge in [-0.2, -0.15) is 4.98 Å². The summed E-state index contributed by atoms with van der Waals surface area (Å²) in [7, 11) is 0. The molecule has 0 aliphatic heterocycles. The topological polar surface area (TPSA) is 74.2 Å². The summed E-state index contributed by atoms with van der Waals surface area (Å²) in [4.78, 5) is 4.38. The van der Waals surface area contributed by atoms with Crippen molar-refractivity contribution in [2.45, 2.75) is 46.1 Å². The Hall–Kier alpha value is -0.940. The molecule has 1 heterocycles. The average molecular weight is 241 g/mol. The molecular weight excluding hydrogens is 218 g/mol. The van der Waals surface area contributed by atoms with Crippen LogP contribution >= 0.6 is 0 Å². The van der Waals surface area contributed by atoms with Gasteiger partial charge in [0.2, 0.25) is 11.7 Å². The number of nitrogens with two attached hydrogens (primary N) is 1. The Labute approximate surface area is 103 Å². The van der Waals surface area contributed by atoms with Crippen LogP contribution in [0, 0.1) is 5.92 Å². The molecule has 1 aromatic rings. The number of ether oxygens (including phenoxy) is 1. The van der Waals surface area contributed by atoms with E-state index in [1.165, 1.54) is 0 Å². The van der Waals surface area contributed by atoms with E-state index in [-0.39, 0.29) is 6.10 Å². The predicted octanol–water partition coefficient (Wildman–Crippen LogP) is 2.08. The highest BCUT2D eigenvalue weighted by Crippen LogP contribution is 2.20. The summed E-state index contributed by atoms with van der Waals surface area (Å²) in [5.41, 5.74) is 5.57. The molecule has 2 unspecified atom stereocenters. The van der Waals surface area contributed by atoms with Gasteiger partial charge in [0.15, 0.2) is 0 Å². The summed E-state index contributed by atoms with van der Waals surface area (Å²) < 4.78 is 10.8. The molecule has 5 heteroatoms. The molecule has 2 N–H and O–H groups in total. The molecule has 5 nitrogen and oxygen atoms in total. The van der Waals surface area contributed by atoms with Crippen molar-refractivity contribution in [3.63, 3.8) is 0 Å². The third-order valence-electron chi connectivity index (χ3n) is 2.62. The Balaban J connectivity index is 2.63. The van der Waals surface area contributed by atoms with Gasteiger partial charge in [0.1, 0.15) is 6.10 Å². The van der Waals surface area contributed by atoms with E-state index in [1.54, 1.807) is 0 Å². The van der Waals surface area contributed by atoms with Crippen LogP contribution < -0.4 is 5.73 Å². The summed E-state index contributed by atoms with van der Waals surface area (Å²) in [6.07, 6.45) is 2.64. The van der Waals surface area contributed by atoms with Crippen LogP contribution in [0.3, 0.4) is 0 Å². The van der Waals surface area contributed by atoms with E-state index in [0.717, 1.165) is 19.3 Å². The second-order valence-electron chi connectivity index (χ2n) is 4.32. The highest BCUT2D eigenvalue weighted by atomic mass is 16.5. The molecule has 0 saturated heterocycles. The van der Waals surface area contributed by atoms with Crippen LogP contribution in [0.2, 0.25) is 0 Å². The summed E-state index contributed by atoms with van der Waals surface area (Å²) in [6, 6.07) is 0. The second kappa shape index (κ2) is 7.40. The first kappa shape index (κ1) is 14.1. The van der Waals surface area contributed by atoms with Gasteiger partial charge >= 0.3 is 0 Å². The largest absolute Gasteiger partial charge is 0.370 e. The zero-order valence-corrected chi connectivity index (χ0v) is 11.0. The molecule has 0 fully saturated rings. The standard InChI is InChI=1S/C12H23N3O2/c1-4-6-10(16-5-2)12-14-11(17-15-12)7-9(3)8-13/h9-10H,4-8,13H2,1-3H3. The molecule has 0 saturated carbocycles. The predicted molar refractivity (Wildman–Crippen MR) is 65.5 cm³/mol. The van der Waals surface area contributed by atoms with Crippen LogP contribution in [0.1, 0.15) is 51.4 Å². The molecule has 1 aromatic heterocycles. The first-order valence-electron chi connectivity index (χ1n) is 6.35. The van der Waals surface area contributed by atoms with E-state index in [0.29, 0.717) is 30.8 Å². The minimum Gasteiger partial charge on any atom is -0.370 e. The SMILES string of the molecule is CCCC(OCC)c1noc(CC(C)CN)n1. The monoisotopic (exact) mass is 241 g/mol. The molecule has 98 valence electrons. The van der Waals surface area contributed by atoms with Gasteiger partial charge in [-0.3, -0.25) is 0 Å². The molecule has 0 bridgehead atoms. The third kappa shape index (κ3) is 4.44. The van der Waals surface area contributed by atoms with E-state index >= 15 is 0 Å². The fourth-order valence-electron chi connectivity index (χ4n) is 1.61. The van der Waals surface area contributed by atoms with Gasteiger partial charge in [0, 0.05) is 13.0 Å². The Morgan fingerprint density at radius 1 is 1.41 bits per heavy atom. The van der Waals surface area contributed by atoms with Gasteiger partial charge in [-0.15, -0.1) is 0 Å². The fourth-order valence-corrected chi connectivity index (χ4v) is 1.61.